The van der Waals surface area contributed by atoms with Crippen LogP contribution in [0.1, 0.15) is 43.0 Å². The zero-order valence-electron chi connectivity index (χ0n) is 16.3. The van der Waals surface area contributed by atoms with E-state index in [1.54, 1.807) is 0 Å². The van der Waals surface area contributed by atoms with Gasteiger partial charge in [0.25, 0.3) is 0 Å². The molecule has 2 aromatic rings. The SMILES string of the molecule is C[C@@H](NC(=O)[C@H](C)N(c1ccccc1F)S(C)(=O)=O)c1ccc2c(c1)CCC2. The number of aryl methyl sites for hydroxylation is 2. The first-order valence-electron chi connectivity index (χ1n) is 9.34. The molecule has 0 fully saturated rings. The molecular formula is C21H25FN2O3S. The van der Waals surface area contributed by atoms with Crippen LogP contribution in [0, 0.1) is 5.82 Å². The van der Waals surface area contributed by atoms with Crippen LogP contribution in [0.5, 0.6) is 0 Å². The molecule has 3 rings (SSSR count). The number of carbonyl (C=O) groups is 1. The first kappa shape index (κ1) is 20.3. The molecule has 0 unspecified atom stereocenters. The Morgan fingerprint density at radius 1 is 1.11 bits per heavy atom. The second kappa shape index (κ2) is 7.91. The smallest absolute Gasteiger partial charge is 0.244 e. The van der Waals surface area contributed by atoms with Crippen molar-refractivity contribution in [3.05, 3.63) is 65.0 Å². The monoisotopic (exact) mass is 404 g/mol. The maximum atomic E-state index is 14.2. The first-order valence-corrected chi connectivity index (χ1v) is 11.2. The highest BCUT2D eigenvalue weighted by molar-refractivity contribution is 7.92. The molecule has 0 spiro atoms. The van der Waals surface area contributed by atoms with Crippen molar-refractivity contribution in [1.29, 1.82) is 0 Å². The van der Waals surface area contributed by atoms with Crippen LogP contribution in [0.25, 0.3) is 0 Å². The summed E-state index contributed by atoms with van der Waals surface area (Å²) in [6.07, 6.45) is 4.23. The number of amides is 1. The van der Waals surface area contributed by atoms with E-state index in [1.165, 1.54) is 42.3 Å². The summed E-state index contributed by atoms with van der Waals surface area (Å²) in [5, 5.41) is 2.86. The fourth-order valence-electron chi connectivity index (χ4n) is 3.69. The molecule has 28 heavy (non-hydrogen) atoms. The van der Waals surface area contributed by atoms with Gasteiger partial charge in [-0.25, -0.2) is 12.8 Å². The van der Waals surface area contributed by atoms with Gasteiger partial charge < -0.3 is 5.32 Å². The molecule has 0 heterocycles. The standard InChI is InChI=1S/C21H25FN2O3S/c1-14(17-12-11-16-7-6-8-18(16)13-17)23-21(25)15(2)24(28(3,26)27)20-10-5-4-9-19(20)22/h4-5,9-15H,6-8H2,1-3H3,(H,23,25)/t14-,15+/m1/s1. The Morgan fingerprint density at radius 2 is 1.79 bits per heavy atom. The van der Waals surface area contributed by atoms with Crippen molar-refractivity contribution >= 4 is 21.6 Å². The number of halogens is 1. The van der Waals surface area contributed by atoms with Crippen molar-refractivity contribution in [2.45, 2.75) is 45.2 Å². The average molecular weight is 405 g/mol. The predicted octanol–water partition coefficient (Wildman–Crippen LogP) is 3.35. The minimum Gasteiger partial charge on any atom is -0.348 e. The Bertz CT molecular complexity index is 991. The van der Waals surface area contributed by atoms with Gasteiger partial charge in [-0.2, -0.15) is 0 Å². The highest BCUT2D eigenvalue weighted by Crippen LogP contribution is 2.27. The molecule has 1 aliphatic carbocycles. The number of carbonyl (C=O) groups excluding carboxylic acids is 1. The van der Waals surface area contributed by atoms with Crippen LogP contribution in [0.2, 0.25) is 0 Å². The quantitative estimate of drug-likeness (QED) is 0.803. The lowest BCUT2D eigenvalue weighted by Crippen LogP contribution is -2.48. The van der Waals surface area contributed by atoms with Crippen molar-refractivity contribution < 1.29 is 17.6 Å². The van der Waals surface area contributed by atoms with Crippen molar-refractivity contribution in [1.82, 2.24) is 5.32 Å². The number of hydrogen-bond donors (Lipinski definition) is 1. The Hall–Kier alpha value is -2.41. The molecule has 1 N–H and O–H groups in total. The Labute approximate surface area is 165 Å². The van der Waals surface area contributed by atoms with E-state index >= 15 is 0 Å². The summed E-state index contributed by atoms with van der Waals surface area (Å²) in [4.78, 5) is 12.8. The van der Waals surface area contributed by atoms with Gasteiger partial charge >= 0.3 is 0 Å². The number of nitrogens with zero attached hydrogens (tertiary/aromatic N) is 1. The van der Waals surface area contributed by atoms with Gasteiger partial charge in [0.05, 0.1) is 18.0 Å². The normalized spacial score (nSPS) is 15.6. The van der Waals surface area contributed by atoms with Crippen LogP contribution in [-0.2, 0) is 27.7 Å². The summed E-state index contributed by atoms with van der Waals surface area (Å²) in [6, 6.07) is 10.3. The molecule has 5 nitrogen and oxygen atoms in total. The molecule has 0 radical (unpaired) electrons. The number of para-hydroxylation sites is 1. The van der Waals surface area contributed by atoms with Gasteiger partial charge in [0.2, 0.25) is 15.9 Å². The summed E-state index contributed by atoms with van der Waals surface area (Å²) in [5.41, 5.74) is 3.48. The topological polar surface area (TPSA) is 66.5 Å². The largest absolute Gasteiger partial charge is 0.348 e. The van der Waals surface area contributed by atoms with E-state index in [9.17, 15) is 17.6 Å². The average Bonchev–Trinajstić information content (AvgIpc) is 3.10. The molecule has 0 saturated carbocycles. The minimum absolute atomic E-state index is 0.141. The van der Waals surface area contributed by atoms with Gasteiger partial charge in [-0.3, -0.25) is 9.10 Å². The summed E-state index contributed by atoms with van der Waals surface area (Å²) in [6.45, 7) is 3.31. The molecule has 2 aromatic carbocycles. The van der Waals surface area contributed by atoms with Gasteiger partial charge in [0, 0.05) is 0 Å². The molecular weight excluding hydrogens is 379 g/mol. The Morgan fingerprint density at radius 3 is 2.46 bits per heavy atom. The molecule has 1 aliphatic rings. The maximum absolute atomic E-state index is 14.2. The number of anilines is 1. The fraction of sp³-hybridized carbons (Fsp3) is 0.381. The molecule has 7 heteroatoms. The summed E-state index contributed by atoms with van der Waals surface area (Å²) < 4.78 is 39.6. The predicted molar refractivity (Wildman–Crippen MR) is 108 cm³/mol. The van der Waals surface area contributed by atoms with E-state index in [0.29, 0.717) is 0 Å². The lowest BCUT2D eigenvalue weighted by Gasteiger charge is -2.29. The van der Waals surface area contributed by atoms with Gasteiger partial charge in [0.1, 0.15) is 11.9 Å². The number of rotatable bonds is 6. The molecule has 1 amide bonds. The van der Waals surface area contributed by atoms with Crippen molar-refractivity contribution in [2.24, 2.45) is 0 Å². The van der Waals surface area contributed by atoms with E-state index in [-0.39, 0.29) is 11.7 Å². The van der Waals surface area contributed by atoms with E-state index < -0.39 is 27.8 Å². The number of hydrogen-bond acceptors (Lipinski definition) is 3. The van der Waals surface area contributed by atoms with Crippen LogP contribution in [0.3, 0.4) is 0 Å². The zero-order valence-corrected chi connectivity index (χ0v) is 17.1. The number of benzene rings is 2. The number of sulfonamides is 1. The molecule has 0 aromatic heterocycles. The second-order valence-electron chi connectivity index (χ2n) is 7.30. The van der Waals surface area contributed by atoms with Crippen LogP contribution in [0.15, 0.2) is 42.5 Å². The van der Waals surface area contributed by atoms with E-state index in [2.05, 4.69) is 17.4 Å². The molecule has 0 saturated heterocycles. The molecule has 0 aliphatic heterocycles. The molecule has 150 valence electrons. The number of fused-ring (bicyclic) bond motifs is 1. The maximum Gasteiger partial charge on any atom is 0.244 e. The van der Waals surface area contributed by atoms with Crippen molar-refractivity contribution in [2.75, 3.05) is 10.6 Å². The summed E-state index contributed by atoms with van der Waals surface area (Å²) in [7, 11) is -3.86. The summed E-state index contributed by atoms with van der Waals surface area (Å²) >= 11 is 0. The van der Waals surface area contributed by atoms with E-state index in [1.807, 2.05) is 13.0 Å². The fourth-order valence-corrected chi connectivity index (χ4v) is 4.87. The Kier molecular flexibility index (Phi) is 5.74. The van der Waals surface area contributed by atoms with Crippen LogP contribution in [-0.4, -0.2) is 26.6 Å². The summed E-state index contributed by atoms with van der Waals surface area (Å²) in [5.74, 6) is -1.18. The third-order valence-corrected chi connectivity index (χ3v) is 6.39. The van der Waals surface area contributed by atoms with Crippen LogP contribution >= 0.6 is 0 Å². The third-order valence-electron chi connectivity index (χ3n) is 5.16. The van der Waals surface area contributed by atoms with E-state index in [0.717, 1.165) is 35.4 Å². The van der Waals surface area contributed by atoms with Gasteiger partial charge in [-0.15, -0.1) is 0 Å². The lowest BCUT2D eigenvalue weighted by atomic mass is 10.0. The van der Waals surface area contributed by atoms with Gasteiger partial charge in [-0.1, -0.05) is 30.3 Å². The van der Waals surface area contributed by atoms with Crippen molar-refractivity contribution in [3.8, 4) is 0 Å². The zero-order chi connectivity index (χ0) is 20.5. The number of nitrogens with one attached hydrogen (secondary N) is 1. The lowest BCUT2D eigenvalue weighted by molar-refractivity contribution is -0.122. The van der Waals surface area contributed by atoms with Gasteiger partial charge in [-0.05, 0) is 61.9 Å². The second-order valence-corrected chi connectivity index (χ2v) is 9.16. The minimum atomic E-state index is -3.86. The van der Waals surface area contributed by atoms with Crippen LogP contribution in [0.4, 0.5) is 10.1 Å². The van der Waals surface area contributed by atoms with Crippen LogP contribution < -0.4 is 9.62 Å². The van der Waals surface area contributed by atoms with E-state index in [4.69, 9.17) is 0 Å². The Balaban J connectivity index is 1.81. The highest BCUT2D eigenvalue weighted by atomic mass is 32.2. The van der Waals surface area contributed by atoms with Gasteiger partial charge in [0.15, 0.2) is 0 Å². The van der Waals surface area contributed by atoms with Crippen molar-refractivity contribution in [3.63, 3.8) is 0 Å². The highest BCUT2D eigenvalue weighted by Gasteiger charge is 2.31. The first-order chi connectivity index (χ1) is 13.2. The third kappa shape index (κ3) is 4.19. The molecule has 2 atom stereocenters. The molecule has 0 bridgehead atoms.